The number of hydrogen-bond donors (Lipinski definition) is 4. The number of unbranched alkanes of at least 4 members (excludes halogenated alkanes) is 1. The smallest absolute Gasteiger partial charge is 0.345 e. The van der Waals surface area contributed by atoms with Crippen LogP contribution in [0.25, 0.3) is 0 Å². The number of urea groups is 1. The molecule has 0 aromatic carbocycles. The fourth-order valence-corrected chi connectivity index (χ4v) is 2.94. The Morgan fingerprint density at radius 2 is 1.89 bits per heavy atom. The fraction of sp³-hybridized carbons (Fsp3) is 0.938. The van der Waals surface area contributed by atoms with Crippen LogP contribution in [0.3, 0.4) is 0 Å². The monoisotopic (exact) mass is 427 g/mol. The lowest BCUT2D eigenvalue weighted by Gasteiger charge is -2.45. The highest BCUT2D eigenvalue weighted by molar-refractivity contribution is 6.18. The van der Waals surface area contributed by atoms with Crippen molar-refractivity contribution in [2.45, 2.75) is 76.6 Å². The number of aliphatic hydroxyl groups excluding tert-OH is 4. The summed E-state index contributed by atoms with van der Waals surface area (Å²) in [7, 11) is 0. The lowest BCUT2D eigenvalue weighted by atomic mass is 9.97. The van der Waals surface area contributed by atoms with Gasteiger partial charge in [0.25, 0.3) is 0 Å². The number of halogens is 1. The summed E-state index contributed by atoms with van der Waals surface area (Å²) in [6, 6.07) is -1.57. The molecule has 1 saturated heterocycles. The minimum absolute atomic E-state index is 0.0552. The number of carbonyl (C=O) groups is 1. The summed E-state index contributed by atoms with van der Waals surface area (Å²) in [4.78, 5) is 24.4. The molecule has 0 bridgehead atoms. The minimum Gasteiger partial charge on any atom is -0.387 e. The first-order valence-electron chi connectivity index (χ1n) is 9.19. The molecule has 6 atom stereocenters. The Balaban J connectivity index is 3.03. The number of nitroso groups, excluding NO2 is 1. The molecule has 11 nitrogen and oxygen atoms in total. The average Bonchev–Trinajstić information content (AvgIpc) is 2.65. The number of amides is 2. The van der Waals surface area contributed by atoms with Gasteiger partial charge in [-0.15, -0.1) is 16.5 Å². The zero-order valence-corrected chi connectivity index (χ0v) is 17.0. The van der Waals surface area contributed by atoms with Crippen LogP contribution < -0.4 is 0 Å². The third kappa shape index (κ3) is 5.96. The molecule has 0 spiro atoms. The van der Waals surface area contributed by atoms with E-state index in [4.69, 9.17) is 21.1 Å². The summed E-state index contributed by atoms with van der Waals surface area (Å²) in [5, 5.41) is 44.3. The van der Waals surface area contributed by atoms with E-state index in [2.05, 4.69) is 5.29 Å². The first kappa shape index (κ1) is 25.0. The normalized spacial score (nSPS) is 28.8. The van der Waals surface area contributed by atoms with Crippen LogP contribution in [0.15, 0.2) is 5.29 Å². The van der Waals surface area contributed by atoms with E-state index in [0.717, 1.165) is 11.3 Å². The SMILES string of the molecule is CCCCO[C@H]1O[C@H](C(O)N(C(=O)N(CCCl)N=O)C(C)C)[C@@H](O)[C@H](O)[C@H]1O. The largest absolute Gasteiger partial charge is 0.387 e. The van der Waals surface area contributed by atoms with E-state index in [0.29, 0.717) is 11.4 Å². The maximum atomic E-state index is 12.6. The van der Waals surface area contributed by atoms with Crippen molar-refractivity contribution in [2.75, 3.05) is 19.0 Å². The Labute approximate surface area is 168 Å². The van der Waals surface area contributed by atoms with Gasteiger partial charge in [-0.25, -0.2) is 4.79 Å². The van der Waals surface area contributed by atoms with E-state index < -0.39 is 49.0 Å². The summed E-state index contributed by atoms with van der Waals surface area (Å²) in [6.07, 6.45) is -8.00. The van der Waals surface area contributed by atoms with Crippen LogP contribution in [0, 0.1) is 4.91 Å². The molecule has 164 valence electrons. The van der Waals surface area contributed by atoms with E-state index in [1.54, 1.807) is 13.8 Å². The summed E-state index contributed by atoms with van der Waals surface area (Å²) in [6.45, 7) is 5.13. The molecule has 1 heterocycles. The van der Waals surface area contributed by atoms with Gasteiger partial charge in [0.15, 0.2) is 12.5 Å². The molecule has 1 rings (SSSR count). The first-order valence-corrected chi connectivity index (χ1v) is 9.73. The maximum absolute atomic E-state index is 12.6. The second kappa shape index (κ2) is 11.8. The third-order valence-electron chi connectivity index (χ3n) is 4.36. The van der Waals surface area contributed by atoms with Crippen molar-refractivity contribution in [3.05, 3.63) is 4.91 Å². The number of nitrogens with zero attached hydrogens (tertiary/aromatic N) is 3. The maximum Gasteiger partial charge on any atom is 0.345 e. The summed E-state index contributed by atoms with van der Waals surface area (Å²) in [5.74, 6) is -0.0552. The van der Waals surface area contributed by atoms with Crippen LogP contribution in [0.5, 0.6) is 0 Å². The van der Waals surface area contributed by atoms with Gasteiger partial charge in [-0.1, -0.05) is 13.3 Å². The molecule has 0 aromatic heterocycles. The van der Waals surface area contributed by atoms with Crippen molar-refractivity contribution >= 4 is 17.6 Å². The van der Waals surface area contributed by atoms with Gasteiger partial charge >= 0.3 is 6.03 Å². The first-order chi connectivity index (χ1) is 13.2. The number of alkyl halides is 1. The van der Waals surface area contributed by atoms with Crippen LogP contribution in [-0.4, -0.2) is 98.4 Å². The topological polar surface area (TPSA) is 152 Å². The Hall–Kier alpha value is -1.08. The van der Waals surface area contributed by atoms with Gasteiger partial charge in [-0.2, -0.15) is 5.01 Å². The fourth-order valence-electron chi connectivity index (χ4n) is 2.78. The lowest BCUT2D eigenvalue weighted by Crippen LogP contribution is -2.65. The summed E-state index contributed by atoms with van der Waals surface area (Å²) >= 11 is 5.55. The van der Waals surface area contributed by atoms with Crippen LogP contribution in [-0.2, 0) is 9.47 Å². The van der Waals surface area contributed by atoms with Crippen LogP contribution >= 0.6 is 11.6 Å². The van der Waals surface area contributed by atoms with Crippen LogP contribution in [0.1, 0.15) is 33.6 Å². The van der Waals surface area contributed by atoms with Crippen molar-refractivity contribution in [2.24, 2.45) is 5.29 Å². The van der Waals surface area contributed by atoms with E-state index in [-0.39, 0.29) is 19.0 Å². The lowest BCUT2D eigenvalue weighted by molar-refractivity contribution is -0.319. The van der Waals surface area contributed by atoms with Gasteiger partial charge < -0.3 is 29.9 Å². The van der Waals surface area contributed by atoms with Crippen molar-refractivity contribution in [3.8, 4) is 0 Å². The zero-order valence-electron chi connectivity index (χ0n) is 16.2. The molecule has 12 heteroatoms. The summed E-state index contributed by atoms with van der Waals surface area (Å²) in [5.41, 5.74) is 0. The molecule has 1 aliphatic heterocycles. The van der Waals surface area contributed by atoms with Gasteiger partial charge in [-0.3, -0.25) is 4.90 Å². The van der Waals surface area contributed by atoms with E-state index in [9.17, 15) is 30.1 Å². The Bertz CT molecular complexity index is 501. The van der Waals surface area contributed by atoms with Crippen molar-refractivity contribution < 1.29 is 34.7 Å². The number of carbonyl (C=O) groups excluding carboxylic acids is 1. The van der Waals surface area contributed by atoms with Gasteiger partial charge in [0.05, 0.1) is 11.8 Å². The highest BCUT2D eigenvalue weighted by Crippen LogP contribution is 2.27. The predicted octanol–water partition coefficient (Wildman–Crippen LogP) is -0.0183. The molecule has 1 aliphatic rings. The molecule has 1 fully saturated rings. The number of ether oxygens (including phenoxy) is 2. The standard InChI is InChI=1S/C16H30ClN3O8/c1-4-5-8-27-15-12(23)10(21)11(22)13(28-15)14(24)20(9(2)3)16(25)19(18-26)7-6-17/h9-15,21-24H,4-8H2,1-3H3/t10-,11-,12+,13-,14?,15-/m0/s1. The van der Waals surface area contributed by atoms with Gasteiger partial charge in [0.1, 0.15) is 24.4 Å². The summed E-state index contributed by atoms with van der Waals surface area (Å²) < 4.78 is 10.9. The Morgan fingerprint density at radius 1 is 1.25 bits per heavy atom. The van der Waals surface area contributed by atoms with Crippen molar-refractivity contribution in [1.82, 2.24) is 9.91 Å². The van der Waals surface area contributed by atoms with E-state index in [1.807, 2.05) is 6.92 Å². The molecule has 4 N–H and O–H groups in total. The van der Waals surface area contributed by atoms with Gasteiger partial charge in [0, 0.05) is 18.5 Å². The highest BCUT2D eigenvalue weighted by atomic mass is 35.5. The van der Waals surface area contributed by atoms with E-state index >= 15 is 0 Å². The molecule has 28 heavy (non-hydrogen) atoms. The van der Waals surface area contributed by atoms with Crippen molar-refractivity contribution in [3.63, 3.8) is 0 Å². The zero-order chi connectivity index (χ0) is 21.4. The van der Waals surface area contributed by atoms with Crippen LogP contribution in [0.2, 0.25) is 0 Å². The molecular formula is C16H30ClN3O8. The van der Waals surface area contributed by atoms with Gasteiger partial charge in [-0.05, 0) is 20.3 Å². The van der Waals surface area contributed by atoms with Crippen molar-refractivity contribution in [1.29, 1.82) is 0 Å². The number of aliphatic hydroxyl groups is 4. The minimum atomic E-state index is -1.76. The molecular weight excluding hydrogens is 398 g/mol. The molecule has 0 aromatic rings. The average molecular weight is 428 g/mol. The second-order valence-corrected chi connectivity index (χ2v) is 7.13. The number of rotatable bonds is 10. The Morgan fingerprint density at radius 3 is 2.39 bits per heavy atom. The molecule has 0 aliphatic carbocycles. The Kier molecular flexibility index (Phi) is 10.5. The molecule has 2 amide bonds. The quantitative estimate of drug-likeness (QED) is 0.125. The van der Waals surface area contributed by atoms with E-state index in [1.165, 1.54) is 0 Å². The molecule has 0 radical (unpaired) electrons. The molecule has 1 unspecified atom stereocenters. The third-order valence-corrected chi connectivity index (χ3v) is 4.53. The number of hydrogen-bond acceptors (Lipinski definition) is 9. The van der Waals surface area contributed by atoms with Gasteiger partial charge in [0.2, 0.25) is 0 Å². The predicted molar refractivity (Wildman–Crippen MR) is 99.1 cm³/mol. The second-order valence-electron chi connectivity index (χ2n) is 6.76. The molecule has 0 saturated carbocycles. The highest BCUT2D eigenvalue weighted by Gasteiger charge is 2.49. The van der Waals surface area contributed by atoms with Crippen LogP contribution in [0.4, 0.5) is 4.79 Å².